The third-order valence-electron chi connectivity index (χ3n) is 4.61. The van der Waals surface area contributed by atoms with E-state index in [9.17, 15) is 4.79 Å². The van der Waals surface area contributed by atoms with Crippen molar-refractivity contribution in [2.75, 3.05) is 26.1 Å². The van der Waals surface area contributed by atoms with Crippen LogP contribution in [0.15, 0.2) is 42.5 Å². The molecule has 0 radical (unpaired) electrons. The second kappa shape index (κ2) is 7.68. The van der Waals surface area contributed by atoms with Crippen molar-refractivity contribution in [2.24, 2.45) is 5.92 Å². The van der Waals surface area contributed by atoms with Crippen molar-refractivity contribution in [2.45, 2.75) is 26.4 Å². The predicted octanol–water partition coefficient (Wildman–Crippen LogP) is 4.32. The lowest BCUT2D eigenvalue weighted by Gasteiger charge is -2.35. The number of carbonyl (C=O) groups is 1. The number of hydrogen-bond donors (Lipinski definition) is 1. The first-order valence-electron chi connectivity index (χ1n) is 8.94. The molecular formula is C21H26N2O3. The molecule has 1 atom stereocenters. The van der Waals surface area contributed by atoms with Gasteiger partial charge in [-0.15, -0.1) is 0 Å². The fourth-order valence-corrected chi connectivity index (χ4v) is 3.03. The van der Waals surface area contributed by atoms with E-state index in [0.717, 1.165) is 23.4 Å². The van der Waals surface area contributed by atoms with Crippen LogP contribution in [0.2, 0.25) is 0 Å². The first-order valence-corrected chi connectivity index (χ1v) is 8.94. The first-order chi connectivity index (χ1) is 12.5. The van der Waals surface area contributed by atoms with E-state index in [1.165, 1.54) is 0 Å². The molecule has 1 heterocycles. The van der Waals surface area contributed by atoms with Crippen molar-refractivity contribution < 1.29 is 14.3 Å². The highest BCUT2D eigenvalue weighted by Crippen LogP contribution is 2.36. The summed E-state index contributed by atoms with van der Waals surface area (Å²) in [5, 5.41) is 3.43. The summed E-state index contributed by atoms with van der Waals surface area (Å²) in [6.07, 6.45) is 0.736. The molecule has 0 fully saturated rings. The molecule has 5 heteroatoms. The Morgan fingerprint density at radius 3 is 2.65 bits per heavy atom. The normalized spacial score (nSPS) is 16.3. The van der Waals surface area contributed by atoms with Gasteiger partial charge < -0.3 is 19.7 Å². The van der Waals surface area contributed by atoms with E-state index in [1.54, 1.807) is 19.1 Å². The number of rotatable bonds is 6. The van der Waals surface area contributed by atoms with Gasteiger partial charge in [0.2, 0.25) is 0 Å². The van der Waals surface area contributed by atoms with Gasteiger partial charge in [0.1, 0.15) is 6.17 Å². The Hall–Kier alpha value is -2.69. The molecular weight excluding hydrogens is 328 g/mol. The topological polar surface area (TPSA) is 50.8 Å². The van der Waals surface area contributed by atoms with Gasteiger partial charge in [0.25, 0.3) is 5.91 Å². The van der Waals surface area contributed by atoms with Crippen LogP contribution in [0.25, 0.3) is 0 Å². The zero-order valence-corrected chi connectivity index (χ0v) is 15.8. The van der Waals surface area contributed by atoms with Gasteiger partial charge in [-0.25, -0.2) is 0 Å². The number of carbonyl (C=O) groups excluding carboxylic acids is 1. The highest BCUT2D eigenvalue weighted by Gasteiger charge is 2.30. The molecule has 0 spiro atoms. The lowest BCUT2D eigenvalue weighted by Crippen LogP contribution is -2.40. The molecule has 0 aromatic heterocycles. The van der Waals surface area contributed by atoms with Crippen LogP contribution in [-0.4, -0.2) is 31.6 Å². The molecule has 1 unspecified atom stereocenters. The largest absolute Gasteiger partial charge is 0.493 e. The Kier molecular flexibility index (Phi) is 5.35. The van der Waals surface area contributed by atoms with E-state index < -0.39 is 0 Å². The van der Waals surface area contributed by atoms with Crippen molar-refractivity contribution in [1.29, 1.82) is 0 Å². The number of para-hydroxylation sites is 1. The van der Waals surface area contributed by atoms with E-state index in [0.29, 0.717) is 23.8 Å². The summed E-state index contributed by atoms with van der Waals surface area (Å²) in [7, 11) is 3.43. The summed E-state index contributed by atoms with van der Waals surface area (Å²) in [6.45, 7) is 4.99. The molecule has 1 aliphatic rings. The van der Waals surface area contributed by atoms with Crippen LogP contribution >= 0.6 is 0 Å². The second-order valence-electron chi connectivity index (χ2n) is 6.95. The van der Waals surface area contributed by atoms with Crippen LogP contribution in [0.1, 0.15) is 42.4 Å². The Balaban J connectivity index is 1.84. The van der Waals surface area contributed by atoms with E-state index in [1.807, 2.05) is 42.5 Å². The van der Waals surface area contributed by atoms with Gasteiger partial charge in [0.15, 0.2) is 11.5 Å². The summed E-state index contributed by atoms with van der Waals surface area (Å²) in [5.41, 5.74) is 2.48. The zero-order valence-electron chi connectivity index (χ0n) is 15.8. The quantitative estimate of drug-likeness (QED) is 0.839. The number of benzene rings is 2. The molecule has 0 saturated carbocycles. The number of anilines is 1. The fraction of sp³-hybridized carbons (Fsp3) is 0.381. The molecule has 0 bridgehead atoms. The highest BCUT2D eigenvalue weighted by molar-refractivity contribution is 6.01. The number of nitrogens with one attached hydrogen (secondary N) is 1. The monoisotopic (exact) mass is 354 g/mol. The summed E-state index contributed by atoms with van der Waals surface area (Å²) >= 11 is 0. The summed E-state index contributed by atoms with van der Waals surface area (Å²) < 4.78 is 11.4. The Morgan fingerprint density at radius 2 is 1.92 bits per heavy atom. The minimum Gasteiger partial charge on any atom is -0.493 e. The van der Waals surface area contributed by atoms with Crippen molar-refractivity contribution in [3.63, 3.8) is 0 Å². The summed E-state index contributed by atoms with van der Waals surface area (Å²) in [6, 6.07) is 13.4. The molecule has 26 heavy (non-hydrogen) atoms. The molecule has 1 amide bonds. The van der Waals surface area contributed by atoms with E-state index in [4.69, 9.17) is 9.47 Å². The van der Waals surface area contributed by atoms with Crippen molar-refractivity contribution in [1.82, 2.24) is 4.90 Å². The van der Waals surface area contributed by atoms with Gasteiger partial charge in [-0.2, -0.15) is 0 Å². The molecule has 0 aliphatic carbocycles. The minimum atomic E-state index is -0.254. The van der Waals surface area contributed by atoms with Gasteiger partial charge in [-0.05, 0) is 42.2 Å². The molecule has 5 nitrogen and oxygen atoms in total. The lowest BCUT2D eigenvalue weighted by atomic mass is 10.0. The zero-order chi connectivity index (χ0) is 18.7. The number of fused-ring (bicyclic) bond motifs is 1. The van der Waals surface area contributed by atoms with Gasteiger partial charge in [-0.1, -0.05) is 32.0 Å². The van der Waals surface area contributed by atoms with Crippen molar-refractivity contribution in [3.05, 3.63) is 53.6 Å². The van der Waals surface area contributed by atoms with Gasteiger partial charge >= 0.3 is 0 Å². The minimum absolute atomic E-state index is 0.000534. The predicted molar refractivity (Wildman–Crippen MR) is 103 cm³/mol. The van der Waals surface area contributed by atoms with Crippen LogP contribution in [0.5, 0.6) is 11.5 Å². The van der Waals surface area contributed by atoms with Crippen molar-refractivity contribution in [3.8, 4) is 11.5 Å². The second-order valence-corrected chi connectivity index (χ2v) is 6.95. The third kappa shape index (κ3) is 3.62. The lowest BCUT2D eigenvalue weighted by molar-refractivity contribution is 0.0735. The van der Waals surface area contributed by atoms with Crippen LogP contribution < -0.4 is 14.8 Å². The maximum Gasteiger partial charge on any atom is 0.257 e. The molecule has 3 rings (SSSR count). The molecule has 138 valence electrons. The Morgan fingerprint density at radius 1 is 1.15 bits per heavy atom. The fourth-order valence-electron chi connectivity index (χ4n) is 3.03. The molecule has 0 saturated heterocycles. The number of hydrogen-bond acceptors (Lipinski definition) is 4. The van der Waals surface area contributed by atoms with E-state index >= 15 is 0 Å². The van der Waals surface area contributed by atoms with Crippen molar-refractivity contribution >= 4 is 11.6 Å². The molecule has 2 aromatic carbocycles. The first kappa shape index (κ1) is 18.1. The van der Waals surface area contributed by atoms with Gasteiger partial charge in [0.05, 0.1) is 19.3 Å². The molecule has 1 N–H and O–H groups in total. The highest BCUT2D eigenvalue weighted by atomic mass is 16.5. The number of ether oxygens (including phenoxy) is 2. The SMILES string of the molecule is COc1cc(C2Nc3ccccc3C(=O)N2C)ccc1OCCC(C)C. The smallest absolute Gasteiger partial charge is 0.257 e. The average Bonchev–Trinajstić information content (AvgIpc) is 2.64. The van der Waals surface area contributed by atoms with E-state index in [2.05, 4.69) is 19.2 Å². The number of nitrogens with zero attached hydrogens (tertiary/aromatic N) is 1. The average molecular weight is 354 g/mol. The maximum atomic E-state index is 12.7. The Bertz CT molecular complexity index is 789. The van der Waals surface area contributed by atoms with Crippen LogP contribution in [0.3, 0.4) is 0 Å². The molecule has 1 aliphatic heterocycles. The Labute approximate surface area is 154 Å². The summed E-state index contributed by atoms with van der Waals surface area (Å²) in [4.78, 5) is 14.4. The van der Waals surface area contributed by atoms with Gasteiger partial charge in [0, 0.05) is 12.7 Å². The van der Waals surface area contributed by atoms with Crippen LogP contribution in [0, 0.1) is 5.92 Å². The number of methoxy groups -OCH3 is 1. The number of amides is 1. The van der Waals surface area contributed by atoms with Crippen LogP contribution in [0.4, 0.5) is 5.69 Å². The summed E-state index contributed by atoms with van der Waals surface area (Å²) in [5.74, 6) is 1.99. The molecule has 2 aromatic rings. The third-order valence-corrected chi connectivity index (χ3v) is 4.61. The van der Waals surface area contributed by atoms with Crippen LogP contribution in [-0.2, 0) is 0 Å². The van der Waals surface area contributed by atoms with E-state index in [-0.39, 0.29) is 12.1 Å². The van der Waals surface area contributed by atoms with Gasteiger partial charge in [-0.3, -0.25) is 4.79 Å². The maximum absolute atomic E-state index is 12.7. The standard InChI is InChI=1S/C21H26N2O3/c1-14(2)11-12-26-18-10-9-15(13-19(18)25-4)20-22-17-8-6-5-7-16(17)21(24)23(20)3/h5-10,13-14,20,22H,11-12H2,1-4H3.